The van der Waals surface area contributed by atoms with Gasteiger partial charge in [0, 0.05) is 17.8 Å². The smallest absolute Gasteiger partial charge is 0.238 e. The van der Waals surface area contributed by atoms with E-state index in [4.69, 9.17) is 0 Å². The van der Waals surface area contributed by atoms with E-state index in [0.717, 1.165) is 33.6 Å². The molecule has 1 atom stereocenters. The number of aryl methyl sites for hydroxylation is 3. The maximum atomic E-state index is 12.7. The highest BCUT2D eigenvalue weighted by Gasteiger charge is 2.34. The number of hydrogen-bond acceptors (Lipinski definition) is 3. The first-order valence-corrected chi connectivity index (χ1v) is 11.5. The zero-order chi connectivity index (χ0) is 21.8. The Kier molecular flexibility index (Phi) is 6.42. The number of amides is 2. The van der Waals surface area contributed by atoms with Crippen LogP contribution in [0.4, 0.5) is 11.4 Å². The number of carbonyl (C=O) groups excluding carboxylic acids is 2. The van der Waals surface area contributed by atoms with Crippen LogP contribution in [0.3, 0.4) is 0 Å². The third-order valence-electron chi connectivity index (χ3n) is 5.29. The lowest BCUT2D eigenvalue weighted by Crippen LogP contribution is -2.28. The second kappa shape index (κ2) is 9.40. The highest BCUT2D eigenvalue weighted by atomic mass is 32.2. The topological polar surface area (TPSA) is 49.4 Å². The fourth-order valence-electron chi connectivity index (χ4n) is 3.94. The lowest BCUT2D eigenvalue weighted by Gasteiger charge is -2.25. The van der Waals surface area contributed by atoms with E-state index in [-0.39, 0.29) is 17.2 Å². The molecule has 4 nitrogen and oxygen atoms in total. The van der Waals surface area contributed by atoms with Gasteiger partial charge >= 0.3 is 0 Å². The first-order valence-electron chi connectivity index (χ1n) is 10.5. The summed E-state index contributed by atoms with van der Waals surface area (Å²) in [6.07, 6.45) is 1.14. The average Bonchev–Trinajstić information content (AvgIpc) is 3.14. The van der Waals surface area contributed by atoms with Crippen LogP contribution in [0.1, 0.15) is 34.0 Å². The fraction of sp³-hybridized carbons (Fsp3) is 0.231. The summed E-state index contributed by atoms with van der Waals surface area (Å²) in [5, 5.41) is 2.91. The fourth-order valence-corrected chi connectivity index (χ4v) is 5.10. The first kappa shape index (κ1) is 21.2. The second-order valence-electron chi connectivity index (χ2n) is 7.93. The molecular formula is C26H26N2O2S. The highest BCUT2D eigenvalue weighted by molar-refractivity contribution is 8.00. The molecule has 1 N–H and O–H groups in total. The molecule has 0 saturated carbocycles. The van der Waals surface area contributed by atoms with Gasteiger partial charge in [-0.3, -0.25) is 14.5 Å². The Morgan fingerprint density at radius 1 is 1.00 bits per heavy atom. The van der Waals surface area contributed by atoms with Crippen LogP contribution in [-0.2, 0) is 16.0 Å². The Labute approximate surface area is 187 Å². The SMILES string of the molecule is Cc1cc(C)cc(N2C(=O)CSC2c2cccc(NC(=O)CCc3ccccc3)c2)c1. The molecule has 1 saturated heterocycles. The monoisotopic (exact) mass is 430 g/mol. The van der Waals surface area contributed by atoms with Gasteiger partial charge < -0.3 is 5.32 Å². The number of nitrogens with one attached hydrogen (secondary N) is 1. The largest absolute Gasteiger partial charge is 0.326 e. The molecular weight excluding hydrogens is 404 g/mol. The van der Waals surface area contributed by atoms with Crippen molar-refractivity contribution in [2.24, 2.45) is 0 Å². The lowest BCUT2D eigenvalue weighted by atomic mass is 10.1. The van der Waals surface area contributed by atoms with Gasteiger partial charge in [0.2, 0.25) is 11.8 Å². The van der Waals surface area contributed by atoms with Crippen LogP contribution >= 0.6 is 11.8 Å². The van der Waals surface area contributed by atoms with Gasteiger partial charge in [0.1, 0.15) is 5.37 Å². The Bertz CT molecular complexity index is 1080. The van der Waals surface area contributed by atoms with E-state index in [2.05, 4.69) is 23.5 Å². The van der Waals surface area contributed by atoms with Crippen molar-refractivity contribution in [3.8, 4) is 0 Å². The molecule has 5 heteroatoms. The number of nitrogens with zero attached hydrogens (tertiary/aromatic N) is 1. The summed E-state index contributed by atoms with van der Waals surface area (Å²) in [4.78, 5) is 27.0. The molecule has 1 aliphatic rings. The van der Waals surface area contributed by atoms with Crippen molar-refractivity contribution >= 4 is 35.0 Å². The van der Waals surface area contributed by atoms with Crippen molar-refractivity contribution in [3.05, 3.63) is 95.1 Å². The molecule has 1 heterocycles. The van der Waals surface area contributed by atoms with Crippen molar-refractivity contribution < 1.29 is 9.59 Å². The minimum atomic E-state index is -0.102. The van der Waals surface area contributed by atoms with Gasteiger partial charge in [0.15, 0.2) is 0 Å². The van der Waals surface area contributed by atoms with Crippen LogP contribution < -0.4 is 10.2 Å². The molecule has 2 amide bonds. The van der Waals surface area contributed by atoms with Crippen molar-refractivity contribution in [1.29, 1.82) is 0 Å². The van der Waals surface area contributed by atoms with Gasteiger partial charge in [-0.25, -0.2) is 0 Å². The summed E-state index contributed by atoms with van der Waals surface area (Å²) >= 11 is 1.62. The Balaban J connectivity index is 1.49. The van der Waals surface area contributed by atoms with E-state index in [1.54, 1.807) is 11.8 Å². The molecule has 1 unspecified atom stereocenters. The van der Waals surface area contributed by atoms with E-state index in [1.807, 2.05) is 73.3 Å². The number of carbonyl (C=O) groups is 2. The predicted octanol–water partition coefficient (Wildman–Crippen LogP) is 5.65. The van der Waals surface area contributed by atoms with Gasteiger partial charge in [0.25, 0.3) is 0 Å². The summed E-state index contributed by atoms with van der Waals surface area (Å²) in [6.45, 7) is 4.09. The van der Waals surface area contributed by atoms with Crippen molar-refractivity contribution in [2.75, 3.05) is 16.0 Å². The van der Waals surface area contributed by atoms with Crippen LogP contribution in [0.15, 0.2) is 72.8 Å². The third kappa shape index (κ3) is 5.17. The number of anilines is 2. The van der Waals surface area contributed by atoms with E-state index >= 15 is 0 Å². The first-order chi connectivity index (χ1) is 15.0. The van der Waals surface area contributed by atoms with Crippen LogP contribution in [0.25, 0.3) is 0 Å². The van der Waals surface area contributed by atoms with E-state index in [0.29, 0.717) is 18.6 Å². The summed E-state index contributed by atoms with van der Waals surface area (Å²) in [6, 6.07) is 24.1. The minimum absolute atomic E-state index is 0.0117. The molecule has 0 aliphatic carbocycles. The van der Waals surface area contributed by atoms with Gasteiger partial charge in [-0.1, -0.05) is 48.5 Å². The summed E-state index contributed by atoms with van der Waals surface area (Å²) < 4.78 is 0. The normalized spacial score (nSPS) is 15.9. The van der Waals surface area contributed by atoms with Crippen molar-refractivity contribution in [2.45, 2.75) is 32.1 Å². The lowest BCUT2D eigenvalue weighted by molar-refractivity contribution is -0.116. The molecule has 31 heavy (non-hydrogen) atoms. The molecule has 3 aromatic carbocycles. The molecule has 0 radical (unpaired) electrons. The van der Waals surface area contributed by atoms with Gasteiger partial charge in [-0.2, -0.15) is 0 Å². The number of thioether (sulfide) groups is 1. The van der Waals surface area contributed by atoms with E-state index < -0.39 is 0 Å². The molecule has 1 aliphatic heterocycles. The molecule has 4 rings (SSSR count). The maximum Gasteiger partial charge on any atom is 0.238 e. The second-order valence-corrected chi connectivity index (χ2v) is 9.00. The Hall–Kier alpha value is -3.05. The summed E-state index contributed by atoms with van der Waals surface area (Å²) in [5.41, 5.74) is 6.12. The van der Waals surface area contributed by atoms with Crippen LogP contribution in [0.5, 0.6) is 0 Å². The van der Waals surface area contributed by atoms with Gasteiger partial charge in [0.05, 0.1) is 5.75 Å². The molecule has 158 valence electrons. The Morgan fingerprint density at radius 3 is 2.48 bits per heavy atom. The molecule has 3 aromatic rings. The number of benzene rings is 3. The van der Waals surface area contributed by atoms with E-state index in [9.17, 15) is 9.59 Å². The summed E-state index contributed by atoms with van der Waals surface area (Å²) in [7, 11) is 0. The minimum Gasteiger partial charge on any atom is -0.326 e. The quantitative estimate of drug-likeness (QED) is 0.549. The highest BCUT2D eigenvalue weighted by Crippen LogP contribution is 2.42. The number of rotatable bonds is 6. The van der Waals surface area contributed by atoms with Crippen LogP contribution in [0.2, 0.25) is 0 Å². The zero-order valence-electron chi connectivity index (χ0n) is 17.8. The van der Waals surface area contributed by atoms with Crippen LogP contribution in [-0.4, -0.2) is 17.6 Å². The Morgan fingerprint density at radius 2 is 1.74 bits per heavy atom. The zero-order valence-corrected chi connectivity index (χ0v) is 18.6. The molecule has 0 aromatic heterocycles. The molecule has 0 spiro atoms. The average molecular weight is 431 g/mol. The predicted molar refractivity (Wildman–Crippen MR) is 128 cm³/mol. The van der Waals surface area contributed by atoms with Crippen molar-refractivity contribution in [1.82, 2.24) is 0 Å². The number of hydrogen-bond donors (Lipinski definition) is 1. The van der Waals surface area contributed by atoms with Gasteiger partial charge in [-0.05, 0) is 66.8 Å². The third-order valence-corrected chi connectivity index (χ3v) is 6.50. The maximum absolute atomic E-state index is 12.7. The van der Waals surface area contributed by atoms with Crippen LogP contribution in [0, 0.1) is 13.8 Å². The van der Waals surface area contributed by atoms with Gasteiger partial charge in [-0.15, -0.1) is 11.8 Å². The molecule has 0 bridgehead atoms. The molecule has 1 fully saturated rings. The summed E-state index contributed by atoms with van der Waals surface area (Å²) in [5.74, 6) is 0.547. The standard InChI is InChI=1S/C26H26N2O2S/c1-18-13-19(2)15-23(14-18)28-25(30)17-31-26(28)21-9-6-10-22(16-21)27-24(29)12-11-20-7-4-3-5-8-20/h3-10,13-16,26H,11-12,17H2,1-2H3,(H,27,29). The van der Waals surface area contributed by atoms with Crippen molar-refractivity contribution in [3.63, 3.8) is 0 Å². The van der Waals surface area contributed by atoms with E-state index in [1.165, 1.54) is 0 Å².